The predicted octanol–water partition coefficient (Wildman–Crippen LogP) is 2.85. The molecule has 10 heteroatoms. The number of nitrogens with one attached hydrogen (secondary N) is 3. The fraction of sp³-hybridized carbons (Fsp3) is 0.458. The summed E-state index contributed by atoms with van der Waals surface area (Å²) in [6.45, 7) is 6.51. The van der Waals surface area contributed by atoms with E-state index >= 15 is 0 Å². The number of para-hydroxylation sites is 1. The third-order valence-electron chi connectivity index (χ3n) is 4.97. The molecule has 0 unspecified atom stereocenters. The van der Waals surface area contributed by atoms with Gasteiger partial charge in [0.2, 0.25) is 0 Å². The van der Waals surface area contributed by atoms with Gasteiger partial charge in [0, 0.05) is 24.4 Å². The van der Waals surface area contributed by atoms with Crippen molar-refractivity contribution in [1.82, 2.24) is 10.3 Å². The summed E-state index contributed by atoms with van der Waals surface area (Å²) in [5.41, 5.74) is 0.807. The lowest BCUT2D eigenvalue weighted by Crippen LogP contribution is -2.48. The van der Waals surface area contributed by atoms with Gasteiger partial charge in [-0.1, -0.05) is 26.0 Å². The van der Waals surface area contributed by atoms with Crippen LogP contribution in [0.2, 0.25) is 0 Å². The molecule has 0 saturated heterocycles. The Kier molecular flexibility index (Phi) is 9.47. The van der Waals surface area contributed by atoms with E-state index in [9.17, 15) is 23.6 Å². The van der Waals surface area contributed by atoms with Crippen LogP contribution in [0.15, 0.2) is 24.4 Å². The maximum atomic E-state index is 14.1. The molecule has 1 amide bonds. The maximum Gasteiger partial charge on any atom is 0.328 e. The molecule has 0 aliphatic carbocycles. The Bertz CT molecular complexity index is 1060. The van der Waals surface area contributed by atoms with Crippen LogP contribution in [0.25, 0.3) is 10.9 Å². The zero-order chi connectivity index (χ0) is 25.4. The average Bonchev–Trinajstić information content (AvgIpc) is 3.19. The SMILES string of the molecule is CC(C)OC(=O)[C@H](CCC(=O)C=N)NC(=O)[C@H](Cc1c[nH]c2c(F)cccc12)OC(=O)C(C)C. The van der Waals surface area contributed by atoms with Crippen molar-refractivity contribution in [3.05, 3.63) is 35.8 Å². The van der Waals surface area contributed by atoms with Gasteiger partial charge in [0.05, 0.1) is 23.8 Å². The second kappa shape index (κ2) is 12.1. The molecule has 0 saturated carbocycles. The summed E-state index contributed by atoms with van der Waals surface area (Å²) in [5.74, 6) is -3.61. The van der Waals surface area contributed by atoms with E-state index < -0.39 is 53.6 Å². The highest BCUT2D eigenvalue weighted by Crippen LogP contribution is 2.23. The van der Waals surface area contributed by atoms with Gasteiger partial charge < -0.3 is 25.2 Å². The Morgan fingerprint density at radius 1 is 1.12 bits per heavy atom. The second-order valence-corrected chi connectivity index (χ2v) is 8.46. The summed E-state index contributed by atoms with van der Waals surface area (Å²) >= 11 is 0. The summed E-state index contributed by atoms with van der Waals surface area (Å²) in [6, 6.07) is 3.32. The van der Waals surface area contributed by atoms with Gasteiger partial charge in [-0.2, -0.15) is 0 Å². The zero-order valence-electron chi connectivity index (χ0n) is 19.6. The first-order valence-electron chi connectivity index (χ1n) is 11.0. The minimum Gasteiger partial charge on any atom is -0.461 e. The Hall–Kier alpha value is -3.56. The monoisotopic (exact) mass is 475 g/mol. The summed E-state index contributed by atoms with van der Waals surface area (Å²) in [6.07, 6.45) is 0.0830. The minimum atomic E-state index is -1.31. The summed E-state index contributed by atoms with van der Waals surface area (Å²) in [7, 11) is 0. The number of ketones is 1. The van der Waals surface area contributed by atoms with E-state index in [1.165, 1.54) is 18.3 Å². The Morgan fingerprint density at radius 2 is 1.82 bits per heavy atom. The van der Waals surface area contributed by atoms with Crippen molar-refractivity contribution in [1.29, 1.82) is 5.41 Å². The van der Waals surface area contributed by atoms with Crippen molar-refractivity contribution in [3.8, 4) is 0 Å². The van der Waals surface area contributed by atoms with E-state index in [0.29, 0.717) is 17.2 Å². The molecule has 9 nitrogen and oxygen atoms in total. The lowest BCUT2D eigenvalue weighted by atomic mass is 10.0. The number of aromatic nitrogens is 1. The molecular weight excluding hydrogens is 445 g/mol. The smallest absolute Gasteiger partial charge is 0.328 e. The van der Waals surface area contributed by atoms with Crippen LogP contribution in [-0.4, -0.2) is 53.1 Å². The predicted molar refractivity (Wildman–Crippen MR) is 123 cm³/mol. The molecule has 2 atom stereocenters. The third kappa shape index (κ3) is 7.23. The number of esters is 2. The zero-order valence-corrected chi connectivity index (χ0v) is 19.6. The number of hydrogen-bond donors (Lipinski definition) is 3. The van der Waals surface area contributed by atoms with Crippen molar-refractivity contribution in [2.24, 2.45) is 5.92 Å². The van der Waals surface area contributed by atoms with Crippen LogP contribution in [0, 0.1) is 17.1 Å². The maximum absolute atomic E-state index is 14.1. The van der Waals surface area contributed by atoms with Gasteiger partial charge in [-0.05, 0) is 31.9 Å². The fourth-order valence-electron chi connectivity index (χ4n) is 3.20. The van der Waals surface area contributed by atoms with E-state index in [4.69, 9.17) is 14.9 Å². The van der Waals surface area contributed by atoms with Gasteiger partial charge in [-0.15, -0.1) is 0 Å². The minimum absolute atomic E-state index is 0.0703. The fourth-order valence-corrected chi connectivity index (χ4v) is 3.20. The number of ether oxygens (including phenoxy) is 2. The molecule has 0 aliphatic heterocycles. The van der Waals surface area contributed by atoms with Crippen molar-refractivity contribution < 1.29 is 33.0 Å². The topological polar surface area (TPSA) is 138 Å². The Morgan fingerprint density at radius 3 is 2.44 bits per heavy atom. The number of amides is 1. The normalized spacial score (nSPS) is 12.9. The first-order chi connectivity index (χ1) is 16.0. The average molecular weight is 476 g/mol. The summed E-state index contributed by atoms with van der Waals surface area (Å²) in [5, 5.41) is 10.1. The van der Waals surface area contributed by atoms with E-state index in [2.05, 4.69) is 10.3 Å². The molecule has 0 aliphatic rings. The lowest BCUT2D eigenvalue weighted by Gasteiger charge is -2.23. The lowest BCUT2D eigenvalue weighted by molar-refractivity contribution is -0.160. The number of fused-ring (bicyclic) bond motifs is 1. The molecule has 2 aromatic rings. The molecule has 0 fully saturated rings. The number of aromatic amines is 1. The quantitative estimate of drug-likeness (QED) is 0.319. The standard InChI is InChI=1S/C24H30FN3O6/c1-13(2)23(31)34-20(10-15-12-27-21-17(15)6-5-7-18(21)25)22(30)28-19(9-8-16(29)11-26)24(32)33-14(3)4/h5-7,11-14,19-20,26-27H,8-10H2,1-4H3,(H,28,30)/t19-,20-/m0/s1. The van der Waals surface area contributed by atoms with Crippen molar-refractivity contribution in [3.63, 3.8) is 0 Å². The molecular formula is C24H30FN3O6. The van der Waals surface area contributed by atoms with Crippen LogP contribution < -0.4 is 5.32 Å². The van der Waals surface area contributed by atoms with Crippen LogP contribution in [0.4, 0.5) is 4.39 Å². The van der Waals surface area contributed by atoms with Crippen LogP contribution in [-0.2, 0) is 35.1 Å². The van der Waals surface area contributed by atoms with Crippen molar-refractivity contribution in [2.45, 2.75) is 65.2 Å². The molecule has 2 rings (SSSR count). The number of benzene rings is 1. The van der Waals surface area contributed by atoms with E-state index in [-0.39, 0.29) is 24.8 Å². The van der Waals surface area contributed by atoms with Gasteiger partial charge in [-0.3, -0.25) is 14.4 Å². The molecule has 1 heterocycles. The molecule has 0 spiro atoms. The third-order valence-corrected chi connectivity index (χ3v) is 4.97. The number of halogens is 1. The summed E-state index contributed by atoms with van der Waals surface area (Å²) in [4.78, 5) is 52.3. The number of rotatable bonds is 12. The largest absolute Gasteiger partial charge is 0.461 e. The van der Waals surface area contributed by atoms with Gasteiger partial charge in [-0.25, -0.2) is 9.18 Å². The molecule has 1 aromatic heterocycles. The molecule has 0 radical (unpaired) electrons. The van der Waals surface area contributed by atoms with Crippen LogP contribution >= 0.6 is 0 Å². The number of Topliss-reactive ketones (excluding diaryl/α,β-unsaturated/α-hetero) is 1. The highest BCUT2D eigenvalue weighted by molar-refractivity contribution is 6.26. The van der Waals surface area contributed by atoms with Crippen LogP contribution in [0.1, 0.15) is 46.1 Å². The molecule has 3 N–H and O–H groups in total. The van der Waals surface area contributed by atoms with Crippen LogP contribution in [0.3, 0.4) is 0 Å². The van der Waals surface area contributed by atoms with Crippen molar-refractivity contribution >= 4 is 40.7 Å². The number of carbonyl (C=O) groups excluding carboxylic acids is 4. The van der Waals surface area contributed by atoms with Crippen molar-refractivity contribution in [2.75, 3.05) is 0 Å². The van der Waals surface area contributed by atoms with Crippen LogP contribution in [0.5, 0.6) is 0 Å². The number of carbonyl (C=O) groups is 4. The Labute approximate surface area is 196 Å². The Balaban J connectivity index is 2.29. The highest BCUT2D eigenvalue weighted by Gasteiger charge is 2.31. The molecule has 1 aromatic carbocycles. The molecule has 0 bridgehead atoms. The van der Waals surface area contributed by atoms with Gasteiger partial charge in [0.15, 0.2) is 11.9 Å². The van der Waals surface area contributed by atoms with Gasteiger partial charge in [0.25, 0.3) is 5.91 Å². The van der Waals surface area contributed by atoms with Gasteiger partial charge in [0.1, 0.15) is 11.9 Å². The number of hydrogen-bond acceptors (Lipinski definition) is 7. The first-order valence-corrected chi connectivity index (χ1v) is 11.0. The van der Waals surface area contributed by atoms with E-state index in [0.717, 1.165) is 0 Å². The molecule has 34 heavy (non-hydrogen) atoms. The second-order valence-electron chi connectivity index (χ2n) is 8.46. The summed E-state index contributed by atoms with van der Waals surface area (Å²) < 4.78 is 24.7. The highest BCUT2D eigenvalue weighted by atomic mass is 19.1. The molecule has 184 valence electrons. The van der Waals surface area contributed by atoms with Gasteiger partial charge >= 0.3 is 11.9 Å². The number of H-pyrrole nitrogens is 1. The van der Waals surface area contributed by atoms with E-state index in [1.54, 1.807) is 33.8 Å². The van der Waals surface area contributed by atoms with E-state index in [1.807, 2.05) is 0 Å². The first kappa shape index (κ1) is 26.7.